The first kappa shape index (κ1) is 13.0. The summed E-state index contributed by atoms with van der Waals surface area (Å²) >= 11 is 0. The van der Waals surface area contributed by atoms with Crippen molar-refractivity contribution in [1.29, 1.82) is 0 Å². The molecule has 1 N–H and O–H groups in total. The van der Waals surface area contributed by atoms with Crippen molar-refractivity contribution < 1.29 is 5.11 Å². The van der Waals surface area contributed by atoms with Gasteiger partial charge < -0.3 is 10.0 Å². The van der Waals surface area contributed by atoms with Gasteiger partial charge in [-0.3, -0.25) is 0 Å². The molecular weight excluding hydrogens is 198 g/mol. The highest BCUT2D eigenvalue weighted by Crippen LogP contribution is 2.15. The number of aliphatic hydroxyl groups excluding tert-OH is 1. The SMILES string of the molecule is CCCCN(CC(O)CC)c1ccccc1. The fourth-order valence-corrected chi connectivity index (χ4v) is 1.70. The fourth-order valence-electron chi connectivity index (χ4n) is 1.70. The molecule has 0 aliphatic heterocycles. The summed E-state index contributed by atoms with van der Waals surface area (Å²) in [5.41, 5.74) is 1.21. The molecule has 0 saturated carbocycles. The normalized spacial score (nSPS) is 12.4. The zero-order valence-electron chi connectivity index (χ0n) is 10.4. The molecule has 16 heavy (non-hydrogen) atoms. The highest BCUT2D eigenvalue weighted by atomic mass is 16.3. The van der Waals surface area contributed by atoms with Gasteiger partial charge in [-0.05, 0) is 25.0 Å². The summed E-state index contributed by atoms with van der Waals surface area (Å²) < 4.78 is 0. The van der Waals surface area contributed by atoms with E-state index >= 15 is 0 Å². The second kappa shape index (κ2) is 7.29. The Morgan fingerprint density at radius 2 is 1.88 bits per heavy atom. The Kier molecular flexibility index (Phi) is 5.94. The van der Waals surface area contributed by atoms with Gasteiger partial charge in [-0.2, -0.15) is 0 Å². The average Bonchev–Trinajstić information content (AvgIpc) is 2.35. The number of hydrogen-bond donors (Lipinski definition) is 1. The lowest BCUT2D eigenvalue weighted by Gasteiger charge is -2.26. The minimum absolute atomic E-state index is 0.225. The Bertz CT molecular complexity index is 273. The maximum atomic E-state index is 9.75. The van der Waals surface area contributed by atoms with E-state index in [0.29, 0.717) is 0 Å². The lowest BCUT2D eigenvalue weighted by atomic mass is 10.2. The van der Waals surface area contributed by atoms with Crippen LogP contribution >= 0.6 is 0 Å². The first-order valence-electron chi connectivity index (χ1n) is 6.26. The maximum absolute atomic E-state index is 9.75. The summed E-state index contributed by atoms with van der Waals surface area (Å²) in [6, 6.07) is 10.3. The van der Waals surface area contributed by atoms with Crippen molar-refractivity contribution in [2.75, 3.05) is 18.0 Å². The molecule has 90 valence electrons. The van der Waals surface area contributed by atoms with E-state index < -0.39 is 0 Å². The molecule has 0 bridgehead atoms. The quantitative estimate of drug-likeness (QED) is 0.765. The van der Waals surface area contributed by atoms with E-state index in [9.17, 15) is 5.11 Å². The van der Waals surface area contributed by atoms with Crippen LogP contribution in [0.1, 0.15) is 33.1 Å². The van der Waals surface area contributed by atoms with E-state index in [1.165, 1.54) is 18.5 Å². The van der Waals surface area contributed by atoms with Crippen molar-refractivity contribution >= 4 is 5.69 Å². The number of anilines is 1. The molecule has 1 aromatic carbocycles. The number of benzene rings is 1. The Labute approximate surface area is 98.9 Å². The van der Waals surface area contributed by atoms with Crippen LogP contribution in [0.25, 0.3) is 0 Å². The number of nitrogens with zero attached hydrogens (tertiary/aromatic N) is 1. The molecule has 0 aliphatic rings. The summed E-state index contributed by atoms with van der Waals surface area (Å²) in [6.45, 7) is 5.98. The standard InChI is InChI=1S/C14H23NO/c1-3-5-11-15(12-14(16)4-2)13-9-7-6-8-10-13/h6-10,14,16H,3-5,11-12H2,1-2H3. The molecule has 0 aromatic heterocycles. The third-order valence-corrected chi connectivity index (χ3v) is 2.81. The van der Waals surface area contributed by atoms with Gasteiger partial charge in [0.2, 0.25) is 0 Å². The van der Waals surface area contributed by atoms with E-state index in [1.54, 1.807) is 0 Å². The van der Waals surface area contributed by atoms with E-state index in [0.717, 1.165) is 19.5 Å². The fraction of sp³-hybridized carbons (Fsp3) is 0.571. The van der Waals surface area contributed by atoms with E-state index in [1.807, 2.05) is 25.1 Å². The molecule has 2 heteroatoms. The topological polar surface area (TPSA) is 23.5 Å². The van der Waals surface area contributed by atoms with Gasteiger partial charge in [0.15, 0.2) is 0 Å². The molecule has 0 saturated heterocycles. The number of hydrogen-bond acceptors (Lipinski definition) is 2. The van der Waals surface area contributed by atoms with Crippen molar-refractivity contribution in [2.24, 2.45) is 0 Å². The summed E-state index contributed by atoms with van der Waals surface area (Å²) in [7, 11) is 0. The lowest BCUT2D eigenvalue weighted by Crippen LogP contribution is -2.32. The summed E-state index contributed by atoms with van der Waals surface area (Å²) in [5.74, 6) is 0. The molecule has 0 fully saturated rings. The molecular formula is C14H23NO. The van der Waals surface area contributed by atoms with Gasteiger partial charge in [0.1, 0.15) is 0 Å². The highest BCUT2D eigenvalue weighted by molar-refractivity contribution is 5.45. The van der Waals surface area contributed by atoms with Gasteiger partial charge in [-0.25, -0.2) is 0 Å². The zero-order chi connectivity index (χ0) is 11.8. The van der Waals surface area contributed by atoms with Gasteiger partial charge >= 0.3 is 0 Å². The van der Waals surface area contributed by atoms with Crippen LogP contribution in [0, 0.1) is 0 Å². The monoisotopic (exact) mass is 221 g/mol. The van der Waals surface area contributed by atoms with Crippen LogP contribution in [0.3, 0.4) is 0 Å². The first-order valence-corrected chi connectivity index (χ1v) is 6.26. The summed E-state index contributed by atoms with van der Waals surface area (Å²) in [4.78, 5) is 2.28. The van der Waals surface area contributed by atoms with Gasteiger partial charge in [0, 0.05) is 18.8 Å². The number of unbranched alkanes of at least 4 members (excludes halogenated alkanes) is 1. The van der Waals surface area contributed by atoms with Crippen LogP contribution < -0.4 is 4.90 Å². The van der Waals surface area contributed by atoms with Gasteiger partial charge in [-0.1, -0.05) is 38.5 Å². The first-order chi connectivity index (χ1) is 7.77. The molecule has 0 heterocycles. The molecule has 1 unspecified atom stereocenters. The zero-order valence-corrected chi connectivity index (χ0v) is 10.4. The molecule has 0 spiro atoms. The van der Waals surface area contributed by atoms with Crippen molar-refractivity contribution in [3.63, 3.8) is 0 Å². The molecule has 1 aromatic rings. The summed E-state index contributed by atoms with van der Waals surface area (Å²) in [6.07, 6.45) is 2.95. The minimum Gasteiger partial charge on any atom is -0.391 e. The average molecular weight is 221 g/mol. The predicted octanol–water partition coefficient (Wildman–Crippen LogP) is 3.06. The molecule has 1 rings (SSSR count). The maximum Gasteiger partial charge on any atom is 0.0712 e. The third kappa shape index (κ3) is 4.23. The Morgan fingerprint density at radius 3 is 2.44 bits per heavy atom. The third-order valence-electron chi connectivity index (χ3n) is 2.81. The smallest absolute Gasteiger partial charge is 0.0712 e. The predicted molar refractivity (Wildman–Crippen MR) is 69.9 cm³/mol. The molecule has 0 aliphatic carbocycles. The largest absolute Gasteiger partial charge is 0.391 e. The van der Waals surface area contributed by atoms with Crippen LogP contribution in [0.5, 0.6) is 0 Å². The van der Waals surface area contributed by atoms with Crippen LogP contribution in [0.2, 0.25) is 0 Å². The minimum atomic E-state index is -0.225. The molecule has 1 atom stereocenters. The molecule has 0 radical (unpaired) electrons. The van der Waals surface area contributed by atoms with Gasteiger partial charge in [-0.15, -0.1) is 0 Å². The molecule has 0 amide bonds. The second-order valence-corrected chi connectivity index (χ2v) is 4.20. The second-order valence-electron chi connectivity index (χ2n) is 4.20. The van der Waals surface area contributed by atoms with Crippen molar-refractivity contribution in [2.45, 2.75) is 39.2 Å². The van der Waals surface area contributed by atoms with Crippen LogP contribution in [0.4, 0.5) is 5.69 Å². The Morgan fingerprint density at radius 1 is 1.19 bits per heavy atom. The van der Waals surface area contributed by atoms with E-state index in [4.69, 9.17) is 0 Å². The van der Waals surface area contributed by atoms with Crippen LogP contribution in [0.15, 0.2) is 30.3 Å². The van der Waals surface area contributed by atoms with Crippen LogP contribution in [-0.2, 0) is 0 Å². The Hall–Kier alpha value is -1.02. The van der Waals surface area contributed by atoms with Crippen molar-refractivity contribution in [3.05, 3.63) is 30.3 Å². The highest BCUT2D eigenvalue weighted by Gasteiger charge is 2.10. The summed E-state index contributed by atoms with van der Waals surface area (Å²) in [5, 5.41) is 9.75. The number of aliphatic hydroxyl groups is 1. The van der Waals surface area contributed by atoms with Crippen molar-refractivity contribution in [3.8, 4) is 0 Å². The van der Waals surface area contributed by atoms with E-state index in [-0.39, 0.29) is 6.10 Å². The van der Waals surface area contributed by atoms with Crippen molar-refractivity contribution in [1.82, 2.24) is 0 Å². The Balaban J connectivity index is 2.63. The van der Waals surface area contributed by atoms with Crippen LogP contribution in [-0.4, -0.2) is 24.3 Å². The van der Waals surface area contributed by atoms with Gasteiger partial charge in [0.25, 0.3) is 0 Å². The van der Waals surface area contributed by atoms with Gasteiger partial charge in [0.05, 0.1) is 6.10 Å². The number of para-hydroxylation sites is 1. The molecule has 2 nitrogen and oxygen atoms in total. The lowest BCUT2D eigenvalue weighted by molar-refractivity contribution is 0.175. The number of rotatable bonds is 7. The van der Waals surface area contributed by atoms with E-state index in [2.05, 4.69) is 24.0 Å².